The number of carbonyl (C=O) groups is 1. The molecular weight excluding hydrogens is 316 g/mol. The van der Waals surface area contributed by atoms with Gasteiger partial charge in [0.15, 0.2) is 5.15 Å². The Kier molecular flexibility index (Phi) is 6.38. The number of nitrogen functional groups attached to an aromatic ring is 1. The highest BCUT2D eigenvalue weighted by Gasteiger charge is 2.02. The standard InChI is InChI=1S/C16H17ClN4O2/c17-15-13(20-10-14(18)21-15)8-4-5-9-19-16(22)23-11-12-6-2-1-3-7-12/h1-4,6-8,10H,5,9,11H2,(H2,18,21)(H,19,22). The number of anilines is 1. The van der Waals surface area contributed by atoms with E-state index < -0.39 is 6.09 Å². The molecule has 0 fully saturated rings. The fourth-order valence-electron chi connectivity index (χ4n) is 1.73. The number of aromatic nitrogens is 2. The van der Waals surface area contributed by atoms with E-state index in [1.54, 1.807) is 6.08 Å². The first kappa shape index (κ1) is 16.8. The van der Waals surface area contributed by atoms with Crippen LogP contribution in [-0.2, 0) is 11.3 Å². The van der Waals surface area contributed by atoms with E-state index in [0.29, 0.717) is 18.7 Å². The van der Waals surface area contributed by atoms with Gasteiger partial charge in [-0.3, -0.25) is 0 Å². The first-order valence-corrected chi connectivity index (χ1v) is 7.42. The summed E-state index contributed by atoms with van der Waals surface area (Å²) in [6.45, 7) is 0.698. The smallest absolute Gasteiger partial charge is 0.407 e. The summed E-state index contributed by atoms with van der Waals surface area (Å²) in [5.41, 5.74) is 6.94. The zero-order valence-electron chi connectivity index (χ0n) is 12.4. The number of rotatable bonds is 6. The molecule has 0 saturated heterocycles. The molecule has 2 rings (SSSR count). The summed E-state index contributed by atoms with van der Waals surface area (Å²) in [5, 5.41) is 2.91. The highest BCUT2D eigenvalue weighted by Crippen LogP contribution is 2.13. The van der Waals surface area contributed by atoms with Crippen molar-refractivity contribution in [1.82, 2.24) is 15.3 Å². The number of nitrogens with one attached hydrogen (secondary N) is 1. The first-order chi connectivity index (χ1) is 11.1. The Balaban J connectivity index is 1.66. The van der Waals surface area contributed by atoms with Crippen LogP contribution in [-0.4, -0.2) is 22.6 Å². The molecule has 1 amide bonds. The maximum Gasteiger partial charge on any atom is 0.407 e. The molecule has 1 heterocycles. The molecule has 23 heavy (non-hydrogen) atoms. The van der Waals surface area contributed by atoms with Gasteiger partial charge in [-0.1, -0.05) is 48.0 Å². The molecule has 0 saturated carbocycles. The molecule has 0 bridgehead atoms. The van der Waals surface area contributed by atoms with E-state index in [9.17, 15) is 4.79 Å². The lowest BCUT2D eigenvalue weighted by atomic mass is 10.2. The Morgan fingerprint density at radius 3 is 2.87 bits per heavy atom. The molecule has 0 spiro atoms. The first-order valence-electron chi connectivity index (χ1n) is 7.04. The molecule has 0 aliphatic rings. The largest absolute Gasteiger partial charge is 0.445 e. The number of benzene rings is 1. The van der Waals surface area contributed by atoms with Gasteiger partial charge in [-0.2, -0.15) is 0 Å². The predicted octanol–water partition coefficient (Wildman–Crippen LogP) is 3.04. The highest BCUT2D eigenvalue weighted by molar-refractivity contribution is 6.30. The van der Waals surface area contributed by atoms with Crippen molar-refractivity contribution in [3.63, 3.8) is 0 Å². The lowest BCUT2D eigenvalue weighted by Gasteiger charge is -2.05. The Hall–Kier alpha value is -2.60. The molecule has 1 aromatic heterocycles. The van der Waals surface area contributed by atoms with Gasteiger partial charge in [0.05, 0.1) is 6.20 Å². The van der Waals surface area contributed by atoms with Gasteiger partial charge in [0.1, 0.15) is 18.1 Å². The van der Waals surface area contributed by atoms with Crippen LogP contribution in [0.15, 0.2) is 42.6 Å². The molecule has 0 radical (unpaired) electrons. The molecule has 0 aliphatic heterocycles. The average molecular weight is 333 g/mol. The van der Waals surface area contributed by atoms with Crippen LogP contribution >= 0.6 is 11.6 Å². The minimum absolute atomic E-state index is 0.247. The van der Waals surface area contributed by atoms with E-state index in [1.165, 1.54) is 6.20 Å². The summed E-state index contributed by atoms with van der Waals surface area (Å²) in [7, 11) is 0. The molecule has 7 heteroatoms. The van der Waals surface area contributed by atoms with Gasteiger partial charge >= 0.3 is 6.09 Å². The summed E-state index contributed by atoms with van der Waals surface area (Å²) in [6.07, 6.45) is 5.16. The minimum Gasteiger partial charge on any atom is -0.445 e. The Morgan fingerprint density at radius 2 is 2.13 bits per heavy atom. The van der Waals surface area contributed by atoms with E-state index in [1.807, 2.05) is 36.4 Å². The van der Waals surface area contributed by atoms with Gasteiger partial charge in [0, 0.05) is 6.54 Å². The Labute approximate surface area is 139 Å². The molecule has 3 N–H and O–H groups in total. The van der Waals surface area contributed by atoms with Gasteiger partial charge in [-0.05, 0) is 18.1 Å². The summed E-state index contributed by atoms with van der Waals surface area (Å²) in [5.74, 6) is 0.273. The number of amides is 1. The van der Waals surface area contributed by atoms with Crippen LogP contribution in [0.5, 0.6) is 0 Å². The van der Waals surface area contributed by atoms with Crippen molar-refractivity contribution in [1.29, 1.82) is 0 Å². The Morgan fingerprint density at radius 1 is 1.35 bits per heavy atom. The van der Waals surface area contributed by atoms with Crippen molar-refractivity contribution in [2.75, 3.05) is 12.3 Å². The lowest BCUT2D eigenvalue weighted by molar-refractivity contribution is 0.140. The average Bonchev–Trinajstić information content (AvgIpc) is 2.55. The summed E-state index contributed by atoms with van der Waals surface area (Å²) in [6, 6.07) is 9.49. The predicted molar refractivity (Wildman–Crippen MR) is 89.7 cm³/mol. The van der Waals surface area contributed by atoms with Gasteiger partial charge in [-0.15, -0.1) is 0 Å². The van der Waals surface area contributed by atoms with Crippen molar-refractivity contribution in [3.8, 4) is 0 Å². The van der Waals surface area contributed by atoms with Gasteiger partial charge in [0.2, 0.25) is 0 Å². The minimum atomic E-state index is -0.451. The molecule has 0 atom stereocenters. The highest BCUT2D eigenvalue weighted by atomic mass is 35.5. The van der Waals surface area contributed by atoms with Crippen molar-refractivity contribution >= 4 is 29.6 Å². The van der Waals surface area contributed by atoms with E-state index in [4.69, 9.17) is 22.1 Å². The zero-order chi connectivity index (χ0) is 16.5. The fraction of sp³-hybridized carbons (Fsp3) is 0.188. The van der Waals surface area contributed by atoms with E-state index >= 15 is 0 Å². The third kappa shape index (κ3) is 5.96. The molecule has 0 unspecified atom stereocenters. The third-order valence-corrected chi connectivity index (χ3v) is 3.12. The number of ether oxygens (including phenoxy) is 1. The second kappa shape index (κ2) is 8.75. The van der Waals surface area contributed by atoms with Crippen molar-refractivity contribution in [2.45, 2.75) is 13.0 Å². The van der Waals surface area contributed by atoms with Crippen LogP contribution in [0.1, 0.15) is 17.7 Å². The monoisotopic (exact) mass is 332 g/mol. The van der Waals surface area contributed by atoms with Crippen molar-refractivity contribution in [2.24, 2.45) is 0 Å². The molecule has 120 valence electrons. The summed E-state index contributed by atoms with van der Waals surface area (Å²) >= 11 is 5.90. The van der Waals surface area contributed by atoms with Crippen LogP contribution in [0.4, 0.5) is 10.6 Å². The number of alkyl carbamates (subject to hydrolysis) is 1. The second-order valence-corrected chi connectivity index (χ2v) is 5.01. The summed E-state index contributed by atoms with van der Waals surface area (Å²) < 4.78 is 5.09. The van der Waals surface area contributed by atoms with E-state index in [-0.39, 0.29) is 17.6 Å². The van der Waals surface area contributed by atoms with Crippen LogP contribution in [0.2, 0.25) is 5.15 Å². The SMILES string of the molecule is Nc1cnc(C=CCCNC(=O)OCc2ccccc2)c(Cl)n1. The maximum absolute atomic E-state index is 11.5. The normalized spacial score (nSPS) is 10.7. The fourth-order valence-corrected chi connectivity index (χ4v) is 1.94. The molecule has 6 nitrogen and oxygen atoms in total. The van der Waals surface area contributed by atoms with Gasteiger partial charge in [-0.25, -0.2) is 14.8 Å². The summed E-state index contributed by atoms with van der Waals surface area (Å²) in [4.78, 5) is 19.5. The molecule has 2 aromatic rings. The van der Waals surface area contributed by atoms with Crippen molar-refractivity contribution < 1.29 is 9.53 Å². The number of nitrogens with two attached hydrogens (primary N) is 1. The Bertz CT molecular complexity index is 677. The van der Waals surface area contributed by atoms with Gasteiger partial charge in [0.25, 0.3) is 0 Å². The number of hydrogen-bond acceptors (Lipinski definition) is 5. The van der Waals surface area contributed by atoms with Crippen LogP contribution in [0.25, 0.3) is 6.08 Å². The number of nitrogens with zero attached hydrogens (tertiary/aromatic N) is 2. The maximum atomic E-state index is 11.5. The van der Waals surface area contributed by atoms with Crippen LogP contribution in [0, 0.1) is 0 Å². The van der Waals surface area contributed by atoms with E-state index in [0.717, 1.165) is 5.56 Å². The molecule has 0 aliphatic carbocycles. The van der Waals surface area contributed by atoms with Crippen molar-refractivity contribution in [3.05, 3.63) is 59.0 Å². The quantitative estimate of drug-likeness (QED) is 0.793. The second-order valence-electron chi connectivity index (χ2n) is 4.65. The molecule has 1 aromatic carbocycles. The van der Waals surface area contributed by atoms with Gasteiger partial charge < -0.3 is 15.8 Å². The molecular formula is C16H17ClN4O2. The zero-order valence-corrected chi connectivity index (χ0v) is 13.2. The van der Waals surface area contributed by atoms with E-state index in [2.05, 4.69) is 15.3 Å². The lowest BCUT2D eigenvalue weighted by Crippen LogP contribution is -2.24. The number of carbonyl (C=O) groups excluding carboxylic acids is 1. The number of halogens is 1. The van der Waals surface area contributed by atoms with Crippen LogP contribution in [0.3, 0.4) is 0 Å². The van der Waals surface area contributed by atoms with Crippen LogP contribution < -0.4 is 11.1 Å². The topological polar surface area (TPSA) is 90.1 Å². The number of hydrogen-bond donors (Lipinski definition) is 2. The third-order valence-electron chi connectivity index (χ3n) is 2.84.